The number of nitrogens with two attached hydrogens (primary N) is 1. The number of carbonyl (C=O) groups excluding carboxylic acids is 1. The van der Waals surface area contributed by atoms with Crippen LogP contribution in [0.25, 0.3) is 6.08 Å². The average molecular weight is 419 g/mol. The molecule has 2 heterocycles. The Hall–Kier alpha value is -3.95. The maximum Gasteiger partial charge on any atom is 0.336 e. The molecule has 2 aromatic carbocycles. The van der Waals surface area contributed by atoms with Crippen molar-refractivity contribution in [2.75, 3.05) is 0 Å². The highest BCUT2D eigenvalue weighted by Crippen LogP contribution is 2.43. The summed E-state index contributed by atoms with van der Waals surface area (Å²) in [6, 6.07) is 17.5. The SMILES string of the molecule is N#CC1=C(N)Oc2cc(OC(=O)/C=C/c3ccc(Cl)cc3)ccc2C1c1ccco1. The van der Waals surface area contributed by atoms with Crippen LogP contribution in [0.1, 0.15) is 22.8 Å². The van der Waals surface area contributed by atoms with Crippen molar-refractivity contribution in [3.8, 4) is 17.6 Å². The second-order valence-corrected chi connectivity index (χ2v) is 6.88. The van der Waals surface area contributed by atoms with Gasteiger partial charge in [-0.15, -0.1) is 0 Å². The van der Waals surface area contributed by atoms with Crippen molar-refractivity contribution in [1.29, 1.82) is 5.26 Å². The smallest absolute Gasteiger partial charge is 0.336 e. The normalized spacial score (nSPS) is 15.4. The number of furan rings is 1. The first-order valence-corrected chi connectivity index (χ1v) is 9.33. The van der Waals surface area contributed by atoms with Crippen molar-refractivity contribution in [1.82, 2.24) is 0 Å². The Balaban J connectivity index is 1.56. The summed E-state index contributed by atoms with van der Waals surface area (Å²) in [5, 5.41) is 10.1. The van der Waals surface area contributed by atoms with Crippen LogP contribution in [-0.4, -0.2) is 5.97 Å². The average Bonchev–Trinajstić information content (AvgIpc) is 3.26. The standard InChI is InChI=1S/C23H15ClN2O4/c24-15-6-3-14(4-7-15)5-10-21(27)29-16-8-9-17-20(12-16)30-23(26)18(13-25)22(17)19-2-1-11-28-19/h1-12,22H,26H2/b10-5+. The molecule has 0 fully saturated rings. The lowest BCUT2D eigenvalue weighted by Gasteiger charge is -2.25. The van der Waals surface area contributed by atoms with Gasteiger partial charge in [-0.3, -0.25) is 0 Å². The van der Waals surface area contributed by atoms with Gasteiger partial charge in [-0.05, 0) is 42.0 Å². The van der Waals surface area contributed by atoms with E-state index in [-0.39, 0.29) is 17.2 Å². The molecule has 7 heteroatoms. The second-order valence-electron chi connectivity index (χ2n) is 6.45. The second kappa shape index (κ2) is 8.19. The maximum atomic E-state index is 12.2. The number of carbonyl (C=O) groups is 1. The number of ether oxygens (including phenoxy) is 2. The molecule has 1 aliphatic heterocycles. The van der Waals surface area contributed by atoms with Crippen LogP contribution in [0.3, 0.4) is 0 Å². The Kier molecular flexibility index (Phi) is 5.29. The molecule has 2 N–H and O–H groups in total. The van der Waals surface area contributed by atoms with E-state index >= 15 is 0 Å². The van der Waals surface area contributed by atoms with Crippen LogP contribution in [0.15, 0.2) is 82.8 Å². The van der Waals surface area contributed by atoms with Crippen molar-refractivity contribution >= 4 is 23.6 Å². The van der Waals surface area contributed by atoms with E-state index in [1.54, 1.807) is 60.7 Å². The van der Waals surface area contributed by atoms with Crippen LogP contribution in [0.2, 0.25) is 5.02 Å². The van der Waals surface area contributed by atoms with Gasteiger partial charge in [-0.2, -0.15) is 5.26 Å². The Morgan fingerprint density at radius 3 is 2.70 bits per heavy atom. The number of allylic oxidation sites excluding steroid dienone is 1. The predicted molar refractivity (Wildman–Crippen MR) is 111 cm³/mol. The third-order valence-corrected chi connectivity index (χ3v) is 4.77. The van der Waals surface area contributed by atoms with Crippen LogP contribution < -0.4 is 15.2 Å². The summed E-state index contributed by atoms with van der Waals surface area (Å²) in [4.78, 5) is 12.2. The Bertz CT molecular complexity index is 1190. The van der Waals surface area contributed by atoms with Crippen LogP contribution in [0, 0.1) is 11.3 Å². The molecule has 0 aliphatic carbocycles. The number of esters is 1. The fourth-order valence-electron chi connectivity index (χ4n) is 3.14. The summed E-state index contributed by atoms with van der Waals surface area (Å²) >= 11 is 5.85. The quantitative estimate of drug-likeness (QED) is 0.372. The topological polar surface area (TPSA) is 98.5 Å². The molecule has 0 spiro atoms. The zero-order valence-corrected chi connectivity index (χ0v) is 16.3. The number of nitriles is 1. The Morgan fingerprint density at radius 2 is 2.00 bits per heavy atom. The first-order valence-electron chi connectivity index (χ1n) is 8.95. The van der Waals surface area contributed by atoms with Gasteiger partial charge in [0.05, 0.1) is 12.2 Å². The van der Waals surface area contributed by atoms with E-state index < -0.39 is 11.9 Å². The molecular formula is C23H15ClN2O4. The summed E-state index contributed by atoms with van der Waals surface area (Å²) in [6.07, 6.45) is 4.47. The molecule has 1 unspecified atom stereocenters. The number of benzene rings is 2. The molecular weight excluding hydrogens is 404 g/mol. The zero-order valence-electron chi connectivity index (χ0n) is 15.5. The highest BCUT2D eigenvalue weighted by Gasteiger charge is 2.32. The van der Waals surface area contributed by atoms with Gasteiger partial charge in [0.1, 0.15) is 28.9 Å². The fourth-order valence-corrected chi connectivity index (χ4v) is 3.26. The van der Waals surface area contributed by atoms with Gasteiger partial charge in [0.2, 0.25) is 5.88 Å². The first-order chi connectivity index (χ1) is 14.5. The largest absolute Gasteiger partial charge is 0.468 e. The molecule has 0 radical (unpaired) electrons. The van der Waals surface area contributed by atoms with Crippen LogP contribution in [-0.2, 0) is 4.79 Å². The minimum atomic E-state index is -0.551. The minimum absolute atomic E-state index is 0.0162. The van der Waals surface area contributed by atoms with E-state index in [0.29, 0.717) is 22.1 Å². The zero-order chi connectivity index (χ0) is 21.1. The molecule has 148 valence electrons. The van der Waals surface area contributed by atoms with Crippen molar-refractivity contribution in [2.24, 2.45) is 5.73 Å². The van der Waals surface area contributed by atoms with E-state index in [0.717, 1.165) is 5.56 Å². The molecule has 4 rings (SSSR count). The number of nitrogens with zero attached hydrogens (tertiary/aromatic N) is 1. The molecule has 0 bridgehead atoms. The minimum Gasteiger partial charge on any atom is -0.468 e. The predicted octanol–water partition coefficient (Wildman–Crippen LogP) is 4.77. The van der Waals surface area contributed by atoms with Gasteiger partial charge >= 0.3 is 5.97 Å². The lowest BCUT2D eigenvalue weighted by molar-refractivity contribution is -0.128. The van der Waals surface area contributed by atoms with Crippen LogP contribution in [0.5, 0.6) is 11.5 Å². The van der Waals surface area contributed by atoms with Crippen LogP contribution >= 0.6 is 11.6 Å². The molecule has 6 nitrogen and oxygen atoms in total. The molecule has 0 saturated carbocycles. The van der Waals surface area contributed by atoms with Gasteiger partial charge in [-0.1, -0.05) is 29.8 Å². The van der Waals surface area contributed by atoms with Gasteiger partial charge in [0, 0.05) is 22.7 Å². The van der Waals surface area contributed by atoms with E-state index in [1.165, 1.54) is 12.3 Å². The summed E-state index contributed by atoms with van der Waals surface area (Å²) in [5.41, 5.74) is 7.70. The molecule has 0 amide bonds. The summed E-state index contributed by atoms with van der Waals surface area (Å²) < 4.78 is 16.4. The van der Waals surface area contributed by atoms with E-state index in [2.05, 4.69) is 6.07 Å². The molecule has 1 aromatic heterocycles. The van der Waals surface area contributed by atoms with Crippen LogP contribution in [0.4, 0.5) is 0 Å². The maximum absolute atomic E-state index is 12.2. The van der Waals surface area contributed by atoms with Crippen molar-refractivity contribution < 1.29 is 18.7 Å². The number of halogens is 1. The highest BCUT2D eigenvalue weighted by atomic mass is 35.5. The third-order valence-electron chi connectivity index (χ3n) is 4.52. The van der Waals surface area contributed by atoms with Crippen molar-refractivity contribution in [2.45, 2.75) is 5.92 Å². The molecule has 30 heavy (non-hydrogen) atoms. The molecule has 0 saturated heterocycles. The summed E-state index contributed by atoms with van der Waals surface area (Å²) in [6.45, 7) is 0. The Labute approximate surface area is 177 Å². The third kappa shape index (κ3) is 3.93. The van der Waals surface area contributed by atoms with Gasteiger partial charge < -0.3 is 19.6 Å². The highest BCUT2D eigenvalue weighted by molar-refractivity contribution is 6.30. The Morgan fingerprint density at radius 1 is 1.20 bits per heavy atom. The van der Waals surface area contributed by atoms with Gasteiger partial charge in [0.25, 0.3) is 0 Å². The monoisotopic (exact) mass is 418 g/mol. The number of hydrogen-bond acceptors (Lipinski definition) is 6. The van der Waals surface area contributed by atoms with E-state index in [4.69, 9.17) is 31.2 Å². The van der Waals surface area contributed by atoms with E-state index in [9.17, 15) is 10.1 Å². The van der Waals surface area contributed by atoms with Crippen molar-refractivity contribution in [3.05, 3.63) is 100 Å². The van der Waals surface area contributed by atoms with Gasteiger partial charge in [0.15, 0.2) is 0 Å². The van der Waals surface area contributed by atoms with E-state index in [1.807, 2.05) is 0 Å². The molecule has 1 aliphatic rings. The lowest BCUT2D eigenvalue weighted by Crippen LogP contribution is -2.20. The number of fused-ring (bicyclic) bond motifs is 1. The lowest BCUT2D eigenvalue weighted by atomic mass is 9.87. The van der Waals surface area contributed by atoms with Crippen molar-refractivity contribution in [3.63, 3.8) is 0 Å². The first kappa shape index (κ1) is 19.4. The molecule has 3 aromatic rings. The fraction of sp³-hybridized carbons (Fsp3) is 0.0435. The van der Waals surface area contributed by atoms with Gasteiger partial charge in [-0.25, -0.2) is 4.79 Å². The molecule has 1 atom stereocenters. The summed E-state index contributed by atoms with van der Waals surface area (Å²) in [7, 11) is 0. The summed E-state index contributed by atoms with van der Waals surface area (Å²) in [5.74, 6) is 0.172. The number of hydrogen-bond donors (Lipinski definition) is 1. The number of rotatable bonds is 4.